The lowest BCUT2D eigenvalue weighted by Gasteiger charge is -2.39. The van der Waals surface area contributed by atoms with Crippen LogP contribution in [0, 0.1) is 5.92 Å². The van der Waals surface area contributed by atoms with Crippen LogP contribution in [0.2, 0.25) is 0 Å². The van der Waals surface area contributed by atoms with E-state index >= 15 is 0 Å². The number of hydrogen-bond donors (Lipinski definition) is 0. The third-order valence-corrected chi connectivity index (χ3v) is 5.70. The summed E-state index contributed by atoms with van der Waals surface area (Å²) in [6.45, 7) is 3.73. The maximum atomic E-state index is 12.9. The number of carbonyl (C=O) groups is 2. The number of likely N-dealkylation sites (tertiary alicyclic amines) is 1. The van der Waals surface area contributed by atoms with Crippen molar-refractivity contribution in [3.63, 3.8) is 0 Å². The summed E-state index contributed by atoms with van der Waals surface area (Å²) in [7, 11) is 0. The lowest BCUT2D eigenvalue weighted by atomic mass is 9.90. The van der Waals surface area contributed by atoms with Crippen LogP contribution in [0.15, 0.2) is 48.8 Å². The number of amides is 2. The van der Waals surface area contributed by atoms with Gasteiger partial charge in [0.2, 0.25) is 11.8 Å². The summed E-state index contributed by atoms with van der Waals surface area (Å²) >= 11 is 0. The van der Waals surface area contributed by atoms with Gasteiger partial charge in [0.05, 0.1) is 13.2 Å². The second-order valence-electron chi connectivity index (χ2n) is 7.76. The van der Waals surface area contributed by atoms with Crippen LogP contribution in [0.3, 0.4) is 0 Å². The highest BCUT2D eigenvalue weighted by Crippen LogP contribution is 2.26. The first-order valence-corrected chi connectivity index (χ1v) is 10.5. The van der Waals surface area contributed by atoms with Crippen LogP contribution in [-0.4, -0.2) is 76.9 Å². The molecule has 2 aliphatic heterocycles. The molecule has 0 radical (unpaired) electrons. The Kier molecular flexibility index (Phi) is 6.63. The molecule has 2 atom stereocenters. The van der Waals surface area contributed by atoms with Crippen molar-refractivity contribution in [2.75, 3.05) is 39.4 Å². The van der Waals surface area contributed by atoms with Gasteiger partial charge in [-0.1, -0.05) is 18.2 Å². The molecule has 8 nitrogen and oxygen atoms in total. The van der Waals surface area contributed by atoms with Crippen molar-refractivity contribution in [1.82, 2.24) is 19.6 Å². The predicted molar refractivity (Wildman–Crippen MR) is 110 cm³/mol. The van der Waals surface area contributed by atoms with E-state index in [-0.39, 0.29) is 30.4 Å². The fraction of sp³-hybridized carbons (Fsp3) is 0.500. The number of nitrogens with zero attached hydrogens (tertiary/aromatic N) is 4. The first-order valence-electron chi connectivity index (χ1n) is 10.5. The lowest BCUT2D eigenvalue weighted by Crippen LogP contribution is -2.51. The summed E-state index contributed by atoms with van der Waals surface area (Å²) in [6, 6.07) is 11.5. The van der Waals surface area contributed by atoms with Crippen molar-refractivity contribution in [1.29, 1.82) is 0 Å². The van der Waals surface area contributed by atoms with Crippen molar-refractivity contribution < 1.29 is 19.1 Å². The van der Waals surface area contributed by atoms with E-state index in [1.807, 2.05) is 40.1 Å². The Labute approximate surface area is 176 Å². The minimum absolute atomic E-state index is 0.0145. The third-order valence-electron chi connectivity index (χ3n) is 5.70. The van der Waals surface area contributed by atoms with Crippen LogP contribution >= 0.6 is 0 Å². The average molecular weight is 412 g/mol. The summed E-state index contributed by atoms with van der Waals surface area (Å²) in [6.07, 6.45) is 4.40. The fourth-order valence-corrected chi connectivity index (χ4v) is 4.06. The second kappa shape index (κ2) is 9.75. The molecule has 0 saturated carbocycles. The third kappa shape index (κ3) is 5.18. The van der Waals surface area contributed by atoms with Gasteiger partial charge >= 0.3 is 0 Å². The maximum absolute atomic E-state index is 12.9. The zero-order valence-corrected chi connectivity index (χ0v) is 17.1. The molecule has 0 aliphatic carbocycles. The van der Waals surface area contributed by atoms with Gasteiger partial charge in [-0.05, 0) is 18.2 Å². The number of morpholine rings is 1. The quantitative estimate of drug-likeness (QED) is 0.717. The minimum atomic E-state index is -0.105. The Morgan fingerprint density at radius 2 is 1.83 bits per heavy atom. The minimum Gasteiger partial charge on any atom is -0.490 e. The van der Waals surface area contributed by atoms with Gasteiger partial charge in [0.1, 0.15) is 18.4 Å². The van der Waals surface area contributed by atoms with E-state index in [1.54, 1.807) is 23.1 Å². The molecule has 2 aromatic rings. The van der Waals surface area contributed by atoms with Gasteiger partial charge in [0.15, 0.2) is 0 Å². The summed E-state index contributed by atoms with van der Waals surface area (Å²) in [5.74, 6) is 0.852. The molecule has 3 heterocycles. The summed E-state index contributed by atoms with van der Waals surface area (Å²) < 4.78 is 13.2. The summed E-state index contributed by atoms with van der Waals surface area (Å²) in [4.78, 5) is 29.4. The van der Waals surface area contributed by atoms with Crippen LogP contribution in [0.5, 0.6) is 5.75 Å². The molecule has 0 N–H and O–H groups in total. The predicted octanol–water partition coefficient (Wildman–Crippen LogP) is 1.43. The molecule has 1 aromatic carbocycles. The van der Waals surface area contributed by atoms with Crippen LogP contribution < -0.4 is 4.74 Å². The molecule has 0 unspecified atom stereocenters. The van der Waals surface area contributed by atoms with Crippen LogP contribution in [-0.2, 0) is 20.9 Å². The van der Waals surface area contributed by atoms with Gasteiger partial charge in [-0.25, -0.2) is 0 Å². The van der Waals surface area contributed by atoms with Crippen molar-refractivity contribution in [3.05, 3.63) is 48.8 Å². The number of ether oxygens (including phenoxy) is 2. The molecule has 2 aliphatic rings. The Bertz CT molecular complexity index is 821. The molecule has 4 rings (SSSR count). The van der Waals surface area contributed by atoms with E-state index in [9.17, 15) is 9.59 Å². The highest BCUT2D eigenvalue weighted by atomic mass is 16.5. The lowest BCUT2D eigenvalue weighted by molar-refractivity contribution is -0.141. The van der Waals surface area contributed by atoms with Crippen molar-refractivity contribution >= 4 is 11.8 Å². The number of benzene rings is 1. The monoisotopic (exact) mass is 412 g/mol. The van der Waals surface area contributed by atoms with E-state index in [4.69, 9.17) is 9.47 Å². The number of aromatic nitrogens is 2. The Hall–Kier alpha value is -2.87. The van der Waals surface area contributed by atoms with Gasteiger partial charge in [-0.15, -0.1) is 0 Å². The van der Waals surface area contributed by atoms with Gasteiger partial charge in [-0.3, -0.25) is 14.3 Å². The summed E-state index contributed by atoms with van der Waals surface area (Å²) in [5, 5.41) is 4.12. The first kappa shape index (κ1) is 20.4. The average Bonchev–Trinajstić information content (AvgIpc) is 3.29. The number of rotatable bonds is 6. The Balaban J connectivity index is 1.43. The molecule has 2 amide bonds. The summed E-state index contributed by atoms with van der Waals surface area (Å²) in [5.41, 5.74) is 0. The Morgan fingerprint density at radius 1 is 1.03 bits per heavy atom. The highest BCUT2D eigenvalue weighted by Gasteiger charge is 2.35. The van der Waals surface area contributed by atoms with Gasteiger partial charge in [-0.2, -0.15) is 5.10 Å². The van der Waals surface area contributed by atoms with Crippen molar-refractivity contribution in [2.24, 2.45) is 5.92 Å². The standard InChI is InChI=1S/C22H28N4O4/c27-21(24-11-13-29-14-12-24)15-18-16-25(22(28)17-26-9-4-8-23-26)10-7-20(18)30-19-5-2-1-3-6-19/h1-6,8-9,18,20H,7,10-17H2/t18-,20-/m0/s1. The molecule has 1 aromatic heterocycles. The number of carbonyl (C=O) groups excluding carboxylic acids is 2. The second-order valence-corrected chi connectivity index (χ2v) is 7.76. The van der Waals surface area contributed by atoms with Crippen LogP contribution in [0.4, 0.5) is 0 Å². The van der Waals surface area contributed by atoms with Crippen LogP contribution in [0.25, 0.3) is 0 Å². The fourth-order valence-electron chi connectivity index (χ4n) is 4.06. The molecule has 2 saturated heterocycles. The molecular formula is C22H28N4O4. The molecule has 160 valence electrons. The van der Waals surface area contributed by atoms with Crippen molar-refractivity contribution in [3.8, 4) is 5.75 Å². The van der Waals surface area contributed by atoms with Crippen molar-refractivity contribution in [2.45, 2.75) is 25.5 Å². The SMILES string of the molecule is O=C(C[C@H]1CN(C(=O)Cn2cccn2)CC[C@@H]1Oc1ccccc1)N1CCOCC1. The number of hydrogen-bond acceptors (Lipinski definition) is 5. The molecule has 8 heteroatoms. The maximum Gasteiger partial charge on any atom is 0.244 e. The normalized spacial score (nSPS) is 22.0. The molecule has 0 spiro atoms. The highest BCUT2D eigenvalue weighted by molar-refractivity contribution is 5.78. The van der Waals surface area contributed by atoms with E-state index in [0.29, 0.717) is 52.2 Å². The first-order chi connectivity index (χ1) is 14.7. The smallest absolute Gasteiger partial charge is 0.244 e. The zero-order valence-electron chi connectivity index (χ0n) is 17.1. The van der Waals surface area contributed by atoms with Gasteiger partial charge in [0, 0.05) is 57.3 Å². The van der Waals surface area contributed by atoms with E-state index < -0.39 is 0 Å². The van der Waals surface area contributed by atoms with Crippen LogP contribution in [0.1, 0.15) is 12.8 Å². The van der Waals surface area contributed by atoms with Gasteiger partial charge in [0.25, 0.3) is 0 Å². The largest absolute Gasteiger partial charge is 0.490 e. The zero-order chi connectivity index (χ0) is 20.8. The Morgan fingerprint density at radius 3 is 2.57 bits per heavy atom. The van der Waals surface area contributed by atoms with Gasteiger partial charge < -0.3 is 19.3 Å². The van der Waals surface area contributed by atoms with E-state index in [0.717, 1.165) is 5.75 Å². The molecule has 0 bridgehead atoms. The topological polar surface area (TPSA) is 76.9 Å². The molecular weight excluding hydrogens is 384 g/mol. The van der Waals surface area contributed by atoms with E-state index in [2.05, 4.69) is 5.10 Å². The number of piperidine rings is 1. The molecule has 30 heavy (non-hydrogen) atoms. The molecule has 2 fully saturated rings. The number of para-hydroxylation sites is 1. The van der Waals surface area contributed by atoms with E-state index in [1.165, 1.54) is 0 Å².